The summed E-state index contributed by atoms with van der Waals surface area (Å²) in [7, 11) is 0. The molecular weight excluding hydrogens is 220 g/mol. The predicted octanol–water partition coefficient (Wildman–Crippen LogP) is 4.03. The molecule has 0 aliphatic heterocycles. The largest absolute Gasteiger partial charge is 0.388 e. The molecule has 0 amide bonds. The Morgan fingerprint density at radius 3 is 2.61 bits per heavy atom. The van der Waals surface area contributed by atoms with E-state index in [4.69, 9.17) is 0 Å². The maximum atomic E-state index is 10.4. The molecule has 0 heterocycles. The Morgan fingerprint density at radius 1 is 0.889 bits per heavy atom. The Kier molecular flexibility index (Phi) is 2.51. The molecule has 96 valence electrons. The van der Waals surface area contributed by atoms with Crippen LogP contribution in [0.25, 0.3) is 0 Å². The van der Waals surface area contributed by atoms with Gasteiger partial charge in [-0.05, 0) is 60.5 Å². The van der Waals surface area contributed by atoms with Gasteiger partial charge in [-0.15, -0.1) is 0 Å². The van der Waals surface area contributed by atoms with Crippen LogP contribution < -0.4 is 0 Å². The van der Waals surface area contributed by atoms with E-state index < -0.39 is 0 Å². The summed E-state index contributed by atoms with van der Waals surface area (Å²) in [6.07, 6.45) is 7.89. The number of hydrogen-bond donors (Lipinski definition) is 1. The molecule has 3 aliphatic carbocycles. The smallest absolute Gasteiger partial charge is 0.0795 e. The molecule has 1 nitrogen and oxygen atoms in total. The maximum Gasteiger partial charge on any atom is 0.0795 e. The van der Waals surface area contributed by atoms with Crippen molar-refractivity contribution in [1.29, 1.82) is 0 Å². The van der Waals surface area contributed by atoms with Crippen LogP contribution in [0.3, 0.4) is 0 Å². The molecule has 0 spiro atoms. The standard InChI is InChI=1S/C17H22O/c18-17-10-16-12-7-3-4-11(12)8-9-14(16)13-5-1-2-6-15(13)17/h1-2,5-6,11-12,14,16-18H,3-4,7-10H2. The van der Waals surface area contributed by atoms with Gasteiger partial charge in [0.15, 0.2) is 0 Å². The number of aliphatic hydroxyl groups is 1. The predicted molar refractivity (Wildman–Crippen MR) is 72.3 cm³/mol. The number of fused-ring (bicyclic) bond motifs is 5. The molecule has 1 heteroatoms. The van der Waals surface area contributed by atoms with Crippen molar-refractivity contribution in [2.24, 2.45) is 17.8 Å². The molecule has 5 unspecified atom stereocenters. The number of aliphatic hydroxyl groups excluding tert-OH is 1. The van der Waals surface area contributed by atoms with Crippen LogP contribution in [0.4, 0.5) is 0 Å². The fraction of sp³-hybridized carbons (Fsp3) is 0.647. The number of benzene rings is 1. The summed E-state index contributed by atoms with van der Waals surface area (Å²) < 4.78 is 0. The van der Waals surface area contributed by atoms with Gasteiger partial charge in [0.1, 0.15) is 0 Å². The number of rotatable bonds is 0. The average molecular weight is 242 g/mol. The zero-order valence-corrected chi connectivity index (χ0v) is 10.9. The fourth-order valence-electron chi connectivity index (χ4n) is 5.16. The van der Waals surface area contributed by atoms with Crippen LogP contribution in [0.2, 0.25) is 0 Å². The summed E-state index contributed by atoms with van der Waals surface area (Å²) in [5, 5.41) is 10.4. The lowest BCUT2D eigenvalue weighted by Crippen LogP contribution is -2.35. The average Bonchev–Trinajstić information content (AvgIpc) is 2.88. The van der Waals surface area contributed by atoms with Crippen molar-refractivity contribution in [3.05, 3.63) is 35.4 Å². The van der Waals surface area contributed by atoms with Crippen molar-refractivity contribution in [3.63, 3.8) is 0 Å². The van der Waals surface area contributed by atoms with Crippen molar-refractivity contribution in [2.45, 2.75) is 50.5 Å². The monoisotopic (exact) mass is 242 g/mol. The first kappa shape index (κ1) is 11.0. The van der Waals surface area contributed by atoms with Crippen LogP contribution in [0.1, 0.15) is 61.7 Å². The van der Waals surface area contributed by atoms with E-state index in [1.807, 2.05) is 0 Å². The molecule has 0 radical (unpaired) electrons. The molecule has 1 aromatic rings. The lowest BCUT2D eigenvalue weighted by Gasteiger charge is -2.45. The Hall–Kier alpha value is -0.820. The summed E-state index contributed by atoms with van der Waals surface area (Å²) >= 11 is 0. The quantitative estimate of drug-likeness (QED) is 0.728. The highest BCUT2D eigenvalue weighted by molar-refractivity contribution is 5.36. The minimum Gasteiger partial charge on any atom is -0.388 e. The van der Waals surface area contributed by atoms with E-state index in [2.05, 4.69) is 24.3 Å². The van der Waals surface area contributed by atoms with E-state index in [1.165, 1.54) is 43.2 Å². The highest BCUT2D eigenvalue weighted by atomic mass is 16.3. The zero-order valence-electron chi connectivity index (χ0n) is 10.9. The SMILES string of the molecule is OC1CC2C(CCC3CCCC32)c2ccccc21. The van der Waals surface area contributed by atoms with Crippen molar-refractivity contribution in [2.75, 3.05) is 0 Å². The van der Waals surface area contributed by atoms with Crippen molar-refractivity contribution < 1.29 is 5.11 Å². The van der Waals surface area contributed by atoms with Crippen molar-refractivity contribution >= 4 is 0 Å². The number of hydrogen-bond acceptors (Lipinski definition) is 1. The van der Waals surface area contributed by atoms with Gasteiger partial charge in [0.25, 0.3) is 0 Å². The third-order valence-electron chi connectivity index (χ3n) is 5.88. The van der Waals surface area contributed by atoms with Gasteiger partial charge < -0.3 is 5.11 Å². The molecule has 0 saturated heterocycles. The molecule has 1 N–H and O–H groups in total. The highest BCUT2D eigenvalue weighted by Crippen LogP contribution is 2.56. The summed E-state index contributed by atoms with van der Waals surface area (Å²) in [4.78, 5) is 0. The van der Waals surface area contributed by atoms with Gasteiger partial charge in [0.05, 0.1) is 6.10 Å². The molecule has 5 atom stereocenters. The molecular formula is C17H22O. The zero-order chi connectivity index (χ0) is 12.1. The van der Waals surface area contributed by atoms with Gasteiger partial charge in [-0.2, -0.15) is 0 Å². The van der Waals surface area contributed by atoms with E-state index in [0.29, 0.717) is 0 Å². The van der Waals surface area contributed by atoms with Crippen molar-refractivity contribution in [1.82, 2.24) is 0 Å². The van der Waals surface area contributed by atoms with Gasteiger partial charge >= 0.3 is 0 Å². The maximum absolute atomic E-state index is 10.4. The van der Waals surface area contributed by atoms with E-state index in [1.54, 1.807) is 0 Å². The lowest BCUT2D eigenvalue weighted by atomic mass is 9.60. The summed E-state index contributed by atoms with van der Waals surface area (Å²) in [5.41, 5.74) is 2.68. The molecule has 18 heavy (non-hydrogen) atoms. The summed E-state index contributed by atoms with van der Waals surface area (Å²) in [6, 6.07) is 8.62. The first-order valence-electron chi connectivity index (χ1n) is 7.61. The molecule has 3 aliphatic rings. The Bertz CT molecular complexity index is 453. The van der Waals surface area contributed by atoms with Crippen LogP contribution >= 0.6 is 0 Å². The molecule has 2 saturated carbocycles. The van der Waals surface area contributed by atoms with Crippen molar-refractivity contribution in [3.8, 4) is 0 Å². The Labute approximate surface area is 109 Å². The molecule has 0 bridgehead atoms. The minimum absolute atomic E-state index is 0.207. The highest BCUT2D eigenvalue weighted by Gasteiger charge is 2.45. The third-order valence-corrected chi connectivity index (χ3v) is 5.88. The summed E-state index contributed by atoms with van der Waals surface area (Å²) in [5.74, 6) is 3.38. The summed E-state index contributed by atoms with van der Waals surface area (Å²) in [6.45, 7) is 0. The van der Waals surface area contributed by atoms with Gasteiger partial charge in [0.2, 0.25) is 0 Å². The molecule has 1 aromatic carbocycles. The van der Waals surface area contributed by atoms with Crippen LogP contribution in [0.5, 0.6) is 0 Å². The topological polar surface area (TPSA) is 20.2 Å². The van der Waals surface area contributed by atoms with E-state index in [9.17, 15) is 5.11 Å². The second kappa shape index (κ2) is 4.09. The van der Waals surface area contributed by atoms with Gasteiger partial charge in [-0.1, -0.05) is 37.1 Å². The normalized spacial score (nSPS) is 41.9. The minimum atomic E-state index is -0.207. The molecule has 4 rings (SSSR count). The first-order chi connectivity index (χ1) is 8.84. The van der Waals surface area contributed by atoms with Crippen LogP contribution in [-0.4, -0.2) is 5.11 Å². The van der Waals surface area contributed by atoms with Crippen LogP contribution in [0, 0.1) is 17.8 Å². The third kappa shape index (κ3) is 1.50. The van der Waals surface area contributed by atoms with E-state index in [0.717, 1.165) is 30.1 Å². The molecule has 0 aromatic heterocycles. The van der Waals surface area contributed by atoms with Crippen LogP contribution in [-0.2, 0) is 0 Å². The lowest BCUT2D eigenvalue weighted by molar-refractivity contribution is 0.0584. The van der Waals surface area contributed by atoms with E-state index in [-0.39, 0.29) is 6.10 Å². The van der Waals surface area contributed by atoms with Gasteiger partial charge in [-0.3, -0.25) is 0 Å². The Balaban J connectivity index is 1.75. The Morgan fingerprint density at radius 2 is 1.72 bits per heavy atom. The second-order valence-corrected chi connectivity index (χ2v) is 6.58. The first-order valence-corrected chi connectivity index (χ1v) is 7.61. The van der Waals surface area contributed by atoms with Crippen LogP contribution in [0.15, 0.2) is 24.3 Å². The van der Waals surface area contributed by atoms with E-state index >= 15 is 0 Å². The van der Waals surface area contributed by atoms with Gasteiger partial charge in [0, 0.05) is 0 Å². The molecule has 2 fully saturated rings. The van der Waals surface area contributed by atoms with Gasteiger partial charge in [-0.25, -0.2) is 0 Å². The second-order valence-electron chi connectivity index (χ2n) is 6.58. The fourth-order valence-corrected chi connectivity index (χ4v) is 5.16.